The molecule has 2 aliphatic heterocycles. The first-order valence-corrected chi connectivity index (χ1v) is 16.2. The first-order valence-electron chi connectivity index (χ1n) is 15.8. The monoisotopic (exact) mass is 679 g/mol. The zero-order chi connectivity index (χ0) is 34.5. The highest BCUT2D eigenvalue weighted by Gasteiger charge is 2.68. The lowest BCUT2D eigenvalue weighted by Crippen LogP contribution is -2.49. The number of carbonyl (C=O) groups is 4. The number of hydrogen-bond acceptors (Lipinski definition) is 7. The molecule has 4 aromatic carbocycles. The highest BCUT2D eigenvalue weighted by Crippen LogP contribution is 2.65. The van der Waals surface area contributed by atoms with Crippen molar-refractivity contribution in [2.75, 3.05) is 9.80 Å². The third-order valence-corrected chi connectivity index (χ3v) is 11.3. The second-order valence-electron chi connectivity index (χ2n) is 13.3. The summed E-state index contributed by atoms with van der Waals surface area (Å²) in [7, 11) is 0. The summed E-state index contributed by atoms with van der Waals surface area (Å²) in [6.45, 7) is 1.70. The number of phenolic OH excluding ortho intramolecular Hbond substituents is 1. The van der Waals surface area contributed by atoms with E-state index >= 15 is 0 Å². The van der Waals surface area contributed by atoms with Crippen molar-refractivity contribution in [3.8, 4) is 5.75 Å². The molecule has 4 aliphatic rings. The SMILES string of the molecule is CC12C(=O)N(c3ccc(F)c(Cl)c3)C(=O)C1CC1C(=CCC3C(=O)N(c4ccc([N+](=O)[O-])cc4)C(=O)C31)C2c1c(O)ccc2ccccc12. The summed E-state index contributed by atoms with van der Waals surface area (Å²) in [5.74, 6) is -7.01. The van der Waals surface area contributed by atoms with Crippen LogP contribution < -0.4 is 9.80 Å². The number of hydrogen-bond donors (Lipinski definition) is 1. The van der Waals surface area contributed by atoms with E-state index < -0.39 is 69.4 Å². The van der Waals surface area contributed by atoms with Crippen molar-refractivity contribution in [3.63, 3.8) is 0 Å². The number of imide groups is 2. The lowest BCUT2D eigenvalue weighted by molar-refractivity contribution is -0.384. The zero-order valence-electron chi connectivity index (χ0n) is 25.9. The van der Waals surface area contributed by atoms with Crippen LogP contribution in [-0.2, 0) is 19.2 Å². The van der Waals surface area contributed by atoms with Gasteiger partial charge in [-0.3, -0.25) is 34.2 Å². The summed E-state index contributed by atoms with van der Waals surface area (Å²) in [6, 6.07) is 19.5. The maximum absolute atomic E-state index is 14.7. The number of carbonyl (C=O) groups excluding carboxylic acids is 4. The Balaban J connectivity index is 1.30. The average Bonchev–Trinajstić information content (AvgIpc) is 3.46. The smallest absolute Gasteiger partial charge is 0.269 e. The quantitative estimate of drug-likeness (QED) is 0.110. The second kappa shape index (κ2) is 10.8. The minimum atomic E-state index is -1.45. The van der Waals surface area contributed by atoms with Crippen LogP contribution in [0.4, 0.5) is 21.5 Å². The molecule has 0 radical (unpaired) electrons. The predicted octanol–water partition coefficient (Wildman–Crippen LogP) is 6.68. The molecular weight excluding hydrogens is 653 g/mol. The highest BCUT2D eigenvalue weighted by molar-refractivity contribution is 6.32. The number of rotatable bonds is 4. The van der Waals surface area contributed by atoms with Crippen LogP contribution in [-0.4, -0.2) is 33.7 Å². The van der Waals surface area contributed by atoms with Crippen molar-refractivity contribution in [1.29, 1.82) is 0 Å². The van der Waals surface area contributed by atoms with E-state index in [1.54, 1.807) is 19.1 Å². The molecule has 0 aromatic heterocycles. The summed E-state index contributed by atoms with van der Waals surface area (Å²) in [6.07, 6.45) is 2.11. The molecule has 6 unspecified atom stereocenters. The topological polar surface area (TPSA) is 138 Å². The van der Waals surface area contributed by atoms with Gasteiger partial charge in [0.1, 0.15) is 11.6 Å². The van der Waals surface area contributed by atoms with E-state index in [0.717, 1.165) is 21.3 Å². The van der Waals surface area contributed by atoms with E-state index in [1.807, 2.05) is 30.3 Å². The summed E-state index contributed by atoms with van der Waals surface area (Å²) >= 11 is 6.09. The third kappa shape index (κ3) is 4.24. The van der Waals surface area contributed by atoms with Gasteiger partial charge in [-0.1, -0.05) is 53.6 Å². The second-order valence-corrected chi connectivity index (χ2v) is 13.7. The molecule has 10 nitrogen and oxygen atoms in total. The summed E-state index contributed by atoms with van der Waals surface area (Å²) < 4.78 is 14.2. The Morgan fingerprint density at radius 1 is 0.898 bits per heavy atom. The summed E-state index contributed by atoms with van der Waals surface area (Å²) in [5, 5.41) is 24.0. The van der Waals surface area contributed by atoms with Crippen LogP contribution in [0.2, 0.25) is 5.02 Å². The van der Waals surface area contributed by atoms with Crippen molar-refractivity contribution >= 4 is 63.1 Å². The zero-order valence-corrected chi connectivity index (χ0v) is 26.6. The van der Waals surface area contributed by atoms with E-state index in [-0.39, 0.29) is 40.7 Å². The number of amides is 4. The maximum Gasteiger partial charge on any atom is 0.269 e. The molecule has 1 saturated carbocycles. The van der Waals surface area contributed by atoms with E-state index in [9.17, 15) is 38.8 Å². The maximum atomic E-state index is 14.7. The highest BCUT2D eigenvalue weighted by atomic mass is 35.5. The van der Waals surface area contributed by atoms with Gasteiger partial charge >= 0.3 is 0 Å². The lowest BCUT2D eigenvalue weighted by atomic mass is 9.51. The van der Waals surface area contributed by atoms with Crippen LogP contribution in [0, 0.1) is 45.0 Å². The van der Waals surface area contributed by atoms with E-state index in [0.29, 0.717) is 16.5 Å². The van der Waals surface area contributed by atoms with Crippen molar-refractivity contribution in [3.05, 3.63) is 117 Å². The van der Waals surface area contributed by atoms with E-state index in [1.165, 1.54) is 36.4 Å². The molecule has 2 heterocycles. The van der Waals surface area contributed by atoms with Gasteiger partial charge in [0, 0.05) is 23.6 Å². The molecule has 246 valence electrons. The van der Waals surface area contributed by atoms with Gasteiger partial charge in [0.2, 0.25) is 23.6 Å². The van der Waals surface area contributed by atoms with Crippen LogP contribution in [0.25, 0.3) is 10.8 Å². The van der Waals surface area contributed by atoms with Crippen molar-refractivity contribution < 1.29 is 33.6 Å². The van der Waals surface area contributed by atoms with Crippen LogP contribution in [0.5, 0.6) is 5.75 Å². The minimum Gasteiger partial charge on any atom is -0.508 e. The van der Waals surface area contributed by atoms with Crippen molar-refractivity contribution in [2.24, 2.45) is 29.1 Å². The van der Waals surface area contributed by atoms with Crippen LogP contribution >= 0.6 is 11.6 Å². The Morgan fingerprint density at radius 3 is 2.33 bits per heavy atom. The number of anilines is 2. The predicted molar refractivity (Wildman–Crippen MR) is 177 cm³/mol. The van der Waals surface area contributed by atoms with Gasteiger partial charge in [-0.15, -0.1) is 0 Å². The number of non-ortho nitro benzene ring substituents is 1. The molecule has 12 heteroatoms. The number of benzene rings is 4. The number of nitrogens with zero attached hydrogens (tertiary/aromatic N) is 3. The number of fused-ring (bicyclic) bond motifs is 5. The molecule has 2 saturated heterocycles. The van der Waals surface area contributed by atoms with Gasteiger partial charge in [-0.05, 0) is 72.9 Å². The summed E-state index contributed by atoms with van der Waals surface area (Å²) in [4.78, 5) is 70.1. The number of halogens is 2. The van der Waals surface area contributed by atoms with Crippen molar-refractivity contribution in [1.82, 2.24) is 0 Å². The Kier molecular flexibility index (Phi) is 6.80. The standard InChI is InChI=1S/C37H27ClFN3O7/c1-37-26(34(45)41(36(37)47)21-11-14-28(39)27(38)16-21)17-25-23(32(37)31-22-5-3-2-4-18(22)6-15-29(31)43)12-13-24-30(25)35(46)40(33(24)44)19-7-9-20(10-8-19)42(48)49/h2-12,14-16,24-26,30,32,43H,13,17H2,1H3. The Hall–Kier alpha value is -5.42. The molecule has 0 bridgehead atoms. The molecular formula is C37H27ClFN3O7. The molecule has 2 aliphatic carbocycles. The molecule has 4 amide bonds. The fourth-order valence-corrected chi connectivity index (χ4v) is 8.93. The molecule has 3 fully saturated rings. The fraction of sp³-hybridized carbons (Fsp3) is 0.243. The van der Waals surface area contributed by atoms with Gasteiger partial charge in [-0.2, -0.15) is 0 Å². The number of aromatic hydroxyl groups is 1. The van der Waals surface area contributed by atoms with E-state index in [2.05, 4.69) is 0 Å². The third-order valence-electron chi connectivity index (χ3n) is 11.0. The fourth-order valence-electron chi connectivity index (χ4n) is 8.76. The van der Waals surface area contributed by atoms with Gasteiger partial charge in [0.05, 0.1) is 44.5 Å². The molecule has 8 rings (SSSR count). The minimum absolute atomic E-state index is 0.0641. The lowest BCUT2D eigenvalue weighted by Gasteiger charge is -2.49. The number of allylic oxidation sites excluding steroid dienone is 2. The molecule has 0 spiro atoms. The van der Waals surface area contributed by atoms with Crippen molar-refractivity contribution in [2.45, 2.75) is 25.7 Å². The molecule has 49 heavy (non-hydrogen) atoms. The van der Waals surface area contributed by atoms with Gasteiger partial charge in [-0.25, -0.2) is 9.29 Å². The molecule has 1 N–H and O–H groups in total. The Labute approximate surface area is 283 Å². The van der Waals surface area contributed by atoms with Crippen LogP contribution in [0.15, 0.2) is 90.5 Å². The Morgan fingerprint density at radius 2 is 1.61 bits per heavy atom. The largest absolute Gasteiger partial charge is 0.508 e. The molecule has 4 aromatic rings. The van der Waals surface area contributed by atoms with Crippen LogP contribution in [0.3, 0.4) is 0 Å². The normalized spacial score (nSPS) is 27.7. The van der Waals surface area contributed by atoms with Gasteiger partial charge in [0.25, 0.3) is 5.69 Å². The van der Waals surface area contributed by atoms with Gasteiger partial charge in [0.15, 0.2) is 0 Å². The number of nitro groups is 1. The van der Waals surface area contributed by atoms with Gasteiger partial charge < -0.3 is 5.11 Å². The van der Waals surface area contributed by atoms with Crippen LogP contribution in [0.1, 0.15) is 31.2 Å². The first-order chi connectivity index (χ1) is 23.4. The Bertz CT molecular complexity index is 2200. The number of phenols is 1. The number of nitro benzene ring substituents is 1. The average molecular weight is 680 g/mol. The first kappa shape index (κ1) is 30.9. The summed E-state index contributed by atoms with van der Waals surface area (Å²) in [5.41, 5.74) is -0.220. The molecule has 6 atom stereocenters. The van der Waals surface area contributed by atoms with E-state index in [4.69, 9.17) is 11.6 Å².